The van der Waals surface area contributed by atoms with Gasteiger partial charge in [0.25, 0.3) is 5.91 Å². The number of carbonyl (C=O) groups is 1. The Balaban J connectivity index is 2.21. The van der Waals surface area contributed by atoms with E-state index in [2.05, 4.69) is 10.3 Å². The Morgan fingerprint density at radius 2 is 2.05 bits per heavy atom. The number of carbonyl (C=O) groups excluding carboxylic acids is 1. The number of benzene rings is 1. The van der Waals surface area contributed by atoms with Crippen LogP contribution < -0.4 is 11.1 Å². The van der Waals surface area contributed by atoms with Crippen molar-refractivity contribution in [1.29, 1.82) is 0 Å². The summed E-state index contributed by atoms with van der Waals surface area (Å²) in [6.07, 6.45) is 0. The van der Waals surface area contributed by atoms with E-state index in [1.165, 1.54) is 4.88 Å². The maximum atomic E-state index is 12.3. The number of aromatic nitrogens is 1. The van der Waals surface area contributed by atoms with Crippen LogP contribution in [0.2, 0.25) is 0 Å². The molecule has 1 amide bonds. The van der Waals surface area contributed by atoms with Gasteiger partial charge in [0, 0.05) is 16.1 Å². The van der Waals surface area contributed by atoms with E-state index in [9.17, 15) is 4.79 Å². The molecule has 20 heavy (non-hydrogen) atoms. The summed E-state index contributed by atoms with van der Waals surface area (Å²) in [5.41, 5.74) is 7.34. The molecule has 0 bridgehead atoms. The van der Waals surface area contributed by atoms with Crippen molar-refractivity contribution < 1.29 is 4.79 Å². The minimum Gasteiger partial charge on any atom is -0.399 e. The van der Waals surface area contributed by atoms with Crippen molar-refractivity contribution in [1.82, 2.24) is 10.3 Å². The molecule has 1 aromatic carbocycles. The van der Waals surface area contributed by atoms with Crippen LogP contribution in [0.25, 0.3) is 0 Å². The molecule has 0 unspecified atom stereocenters. The van der Waals surface area contributed by atoms with Gasteiger partial charge >= 0.3 is 0 Å². The van der Waals surface area contributed by atoms with Gasteiger partial charge in [-0.2, -0.15) is 0 Å². The largest absolute Gasteiger partial charge is 0.399 e. The van der Waals surface area contributed by atoms with Gasteiger partial charge in [0.2, 0.25) is 0 Å². The van der Waals surface area contributed by atoms with Gasteiger partial charge in [-0.15, -0.1) is 11.3 Å². The molecular formula is C15H19N3OS. The van der Waals surface area contributed by atoms with Crippen LogP contribution in [0.1, 0.15) is 39.8 Å². The van der Waals surface area contributed by atoms with Crippen LogP contribution in [0, 0.1) is 13.8 Å². The summed E-state index contributed by atoms with van der Waals surface area (Å²) in [5.74, 6) is -0.146. The van der Waals surface area contributed by atoms with Crippen LogP contribution in [-0.4, -0.2) is 10.9 Å². The quantitative estimate of drug-likeness (QED) is 0.853. The summed E-state index contributed by atoms with van der Waals surface area (Å²) in [6, 6.07) is 6.95. The molecule has 0 saturated heterocycles. The average Bonchev–Trinajstić information content (AvgIpc) is 2.70. The molecule has 1 aromatic heterocycles. The fraction of sp³-hybridized carbons (Fsp3) is 0.333. The van der Waals surface area contributed by atoms with Crippen molar-refractivity contribution >= 4 is 22.9 Å². The Morgan fingerprint density at radius 1 is 1.35 bits per heavy atom. The molecule has 2 rings (SSSR count). The normalized spacial score (nSPS) is 11.4. The molecular weight excluding hydrogens is 270 g/mol. The average molecular weight is 289 g/mol. The summed E-state index contributed by atoms with van der Waals surface area (Å²) in [4.78, 5) is 18.0. The predicted octanol–water partition coefficient (Wildman–Crippen LogP) is 3.01. The van der Waals surface area contributed by atoms with Gasteiger partial charge in [0.05, 0.1) is 11.2 Å². The standard InChI is InChI=1S/C15H19N3OS/c1-9-10(2)20-14(17-9)15(3,4)18-13(19)11-6-5-7-12(16)8-11/h5-8H,16H2,1-4H3,(H,18,19). The topological polar surface area (TPSA) is 68.0 Å². The van der Waals surface area contributed by atoms with Gasteiger partial charge in [-0.3, -0.25) is 4.79 Å². The van der Waals surface area contributed by atoms with E-state index in [1.54, 1.807) is 35.6 Å². The Hall–Kier alpha value is -1.88. The van der Waals surface area contributed by atoms with Crippen LogP contribution in [0.15, 0.2) is 24.3 Å². The molecule has 0 aliphatic carbocycles. The Labute approximate surface area is 123 Å². The van der Waals surface area contributed by atoms with Crippen LogP contribution in [0.3, 0.4) is 0 Å². The number of nitrogen functional groups attached to an aromatic ring is 1. The van der Waals surface area contributed by atoms with Gasteiger partial charge in [-0.05, 0) is 45.9 Å². The summed E-state index contributed by atoms with van der Waals surface area (Å²) < 4.78 is 0. The first-order chi connectivity index (χ1) is 9.29. The number of nitrogens with two attached hydrogens (primary N) is 1. The lowest BCUT2D eigenvalue weighted by Gasteiger charge is -2.24. The van der Waals surface area contributed by atoms with E-state index < -0.39 is 5.54 Å². The molecule has 2 aromatic rings. The highest BCUT2D eigenvalue weighted by Gasteiger charge is 2.27. The van der Waals surface area contributed by atoms with Crippen molar-refractivity contribution in [2.24, 2.45) is 0 Å². The number of aryl methyl sites for hydroxylation is 2. The SMILES string of the molecule is Cc1nc(C(C)(C)NC(=O)c2cccc(N)c2)sc1C. The summed E-state index contributed by atoms with van der Waals surface area (Å²) in [5, 5.41) is 3.92. The molecule has 4 nitrogen and oxygen atoms in total. The molecule has 0 fully saturated rings. The fourth-order valence-corrected chi connectivity index (χ4v) is 2.80. The van der Waals surface area contributed by atoms with Crippen molar-refractivity contribution in [3.8, 4) is 0 Å². The van der Waals surface area contributed by atoms with Crippen LogP contribution in [0.5, 0.6) is 0 Å². The second kappa shape index (κ2) is 5.25. The molecule has 1 heterocycles. The van der Waals surface area contributed by atoms with Gasteiger partial charge in [-0.1, -0.05) is 6.07 Å². The zero-order valence-corrected chi connectivity index (χ0v) is 13.0. The van der Waals surface area contributed by atoms with E-state index in [4.69, 9.17) is 5.73 Å². The van der Waals surface area contributed by atoms with E-state index in [0.29, 0.717) is 11.3 Å². The van der Waals surface area contributed by atoms with E-state index in [-0.39, 0.29) is 5.91 Å². The van der Waals surface area contributed by atoms with Gasteiger partial charge in [0.15, 0.2) is 0 Å². The first-order valence-corrected chi connectivity index (χ1v) is 7.24. The number of anilines is 1. The van der Waals surface area contributed by atoms with E-state index in [1.807, 2.05) is 27.7 Å². The minimum atomic E-state index is -0.509. The molecule has 0 saturated carbocycles. The zero-order valence-electron chi connectivity index (χ0n) is 12.2. The highest BCUT2D eigenvalue weighted by molar-refractivity contribution is 7.11. The van der Waals surface area contributed by atoms with Crippen molar-refractivity contribution in [2.45, 2.75) is 33.2 Å². The van der Waals surface area contributed by atoms with Gasteiger partial charge in [-0.25, -0.2) is 4.98 Å². The number of hydrogen-bond acceptors (Lipinski definition) is 4. The molecule has 0 atom stereocenters. The van der Waals surface area contributed by atoms with E-state index >= 15 is 0 Å². The third kappa shape index (κ3) is 2.99. The molecule has 0 aliphatic heterocycles. The summed E-state index contributed by atoms with van der Waals surface area (Å²) in [7, 11) is 0. The summed E-state index contributed by atoms with van der Waals surface area (Å²) in [6.45, 7) is 7.92. The highest BCUT2D eigenvalue weighted by Crippen LogP contribution is 2.27. The number of hydrogen-bond donors (Lipinski definition) is 2. The molecule has 3 N–H and O–H groups in total. The van der Waals surface area contributed by atoms with Gasteiger partial charge < -0.3 is 11.1 Å². The lowest BCUT2D eigenvalue weighted by molar-refractivity contribution is 0.0912. The van der Waals surface area contributed by atoms with Crippen LogP contribution >= 0.6 is 11.3 Å². The third-order valence-corrected chi connectivity index (χ3v) is 4.53. The number of rotatable bonds is 3. The number of amides is 1. The maximum absolute atomic E-state index is 12.3. The van der Waals surface area contributed by atoms with Crippen molar-refractivity contribution in [3.63, 3.8) is 0 Å². The molecule has 0 aliphatic rings. The van der Waals surface area contributed by atoms with Crippen LogP contribution in [0.4, 0.5) is 5.69 Å². The fourth-order valence-electron chi connectivity index (χ4n) is 1.83. The minimum absolute atomic E-state index is 0.146. The monoisotopic (exact) mass is 289 g/mol. The second-order valence-electron chi connectivity index (χ2n) is 5.37. The maximum Gasteiger partial charge on any atom is 0.252 e. The Morgan fingerprint density at radius 3 is 2.60 bits per heavy atom. The second-order valence-corrected chi connectivity index (χ2v) is 6.57. The Kier molecular flexibility index (Phi) is 3.81. The molecule has 0 spiro atoms. The number of nitrogens with zero attached hydrogens (tertiary/aromatic N) is 1. The lowest BCUT2D eigenvalue weighted by Crippen LogP contribution is -2.41. The highest BCUT2D eigenvalue weighted by atomic mass is 32.1. The smallest absolute Gasteiger partial charge is 0.252 e. The first-order valence-electron chi connectivity index (χ1n) is 6.42. The Bertz CT molecular complexity index is 627. The molecule has 0 radical (unpaired) electrons. The van der Waals surface area contributed by atoms with Crippen LogP contribution in [-0.2, 0) is 5.54 Å². The predicted molar refractivity (Wildman–Crippen MR) is 82.9 cm³/mol. The first kappa shape index (κ1) is 14.5. The zero-order chi connectivity index (χ0) is 14.9. The molecule has 106 valence electrons. The van der Waals surface area contributed by atoms with Crippen molar-refractivity contribution in [3.05, 3.63) is 45.4 Å². The van der Waals surface area contributed by atoms with E-state index in [0.717, 1.165) is 10.7 Å². The van der Waals surface area contributed by atoms with Crippen molar-refractivity contribution in [2.75, 3.05) is 5.73 Å². The third-order valence-electron chi connectivity index (χ3n) is 3.14. The summed E-state index contributed by atoms with van der Waals surface area (Å²) >= 11 is 1.61. The number of nitrogens with one attached hydrogen (secondary N) is 1. The molecule has 5 heteroatoms. The number of thiazole rings is 1. The van der Waals surface area contributed by atoms with Gasteiger partial charge in [0.1, 0.15) is 5.01 Å². The lowest BCUT2D eigenvalue weighted by atomic mass is 10.1.